The fourth-order valence-electron chi connectivity index (χ4n) is 1.88. The van der Waals surface area contributed by atoms with Crippen molar-refractivity contribution in [2.24, 2.45) is 5.92 Å². The first-order chi connectivity index (χ1) is 6.34. The first-order valence-corrected chi connectivity index (χ1v) is 5.03. The maximum Gasteiger partial charge on any atom is 0.236 e. The van der Waals surface area contributed by atoms with Crippen molar-refractivity contribution in [2.75, 3.05) is 0 Å². The van der Waals surface area contributed by atoms with Gasteiger partial charge in [-0.25, -0.2) is 0 Å². The Morgan fingerprint density at radius 1 is 1.15 bits per heavy atom. The molecule has 0 heterocycles. The van der Waals surface area contributed by atoms with Crippen molar-refractivity contribution < 1.29 is 4.79 Å². The quantitative estimate of drug-likeness (QED) is 0.495. The first kappa shape index (κ1) is 10.0. The Kier molecular flexibility index (Phi) is 4.31. The van der Waals surface area contributed by atoms with Crippen molar-refractivity contribution >= 4 is 5.91 Å². The van der Waals surface area contributed by atoms with Crippen molar-refractivity contribution in [3.63, 3.8) is 0 Å². The van der Waals surface area contributed by atoms with Crippen LogP contribution in [0.15, 0.2) is 0 Å². The van der Waals surface area contributed by atoms with Gasteiger partial charge in [0.1, 0.15) is 0 Å². The zero-order valence-electron chi connectivity index (χ0n) is 7.88. The lowest BCUT2D eigenvalue weighted by molar-refractivity contribution is -0.124. The second kappa shape index (κ2) is 5.58. The summed E-state index contributed by atoms with van der Waals surface area (Å²) >= 11 is 0. The molecule has 1 rings (SSSR count). The molecule has 0 bridgehead atoms. The first-order valence-electron chi connectivity index (χ1n) is 5.03. The predicted octanol–water partition coefficient (Wildman–Crippen LogP) is 1.94. The number of nitrogens with one attached hydrogen (secondary N) is 1. The number of hydrogen-bond donors (Lipinski definition) is 1. The Bertz CT molecular complexity index is 199. The van der Waals surface area contributed by atoms with Crippen LogP contribution < -0.4 is 5.32 Å². The Hall–Kier alpha value is -1.04. The van der Waals surface area contributed by atoms with Crippen molar-refractivity contribution in [3.05, 3.63) is 0 Å². The molecule has 1 saturated carbocycles. The van der Waals surface area contributed by atoms with Gasteiger partial charge in [0.25, 0.3) is 0 Å². The Morgan fingerprint density at radius 2 is 1.69 bits per heavy atom. The predicted molar refractivity (Wildman–Crippen MR) is 49.6 cm³/mol. The van der Waals surface area contributed by atoms with Crippen molar-refractivity contribution in [1.29, 1.82) is 5.26 Å². The van der Waals surface area contributed by atoms with E-state index in [-0.39, 0.29) is 11.8 Å². The number of hydrogen-bond acceptors (Lipinski definition) is 2. The second-order valence-corrected chi connectivity index (χ2v) is 3.64. The second-order valence-electron chi connectivity index (χ2n) is 3.64. The van der Waals surface area contributed by atoms with Gasteiger partial charge in [-0.1, -0.05) is 32.1 Å². The standard InChI is InChI=1S/C10H16N2O/c11-8-12-10(13)9-6-4-2-1-3-5-7-9/h9H,1-7H2,(H,12,13). The van der Waals surface area contributed by atoms with Crippen LogP contribution in [-0.2, 0) is 4.79 Å². The number of amides is 1. The van der Waals surface area contributed by atoms with Crippen LogP contribution in [0.1, 0.15) is 44.9 Å². The number of carbonyl (C=O) groups is 1. The van der Waals surface area contributed by atoms with Gasteiger partial charge < -0.3 is 0 Å². The Balaban J connectivity index is 2.37. The lowest BCUT2D eigenvalue weighted by Gasteiger charge is -2.16. The molecule has 3 nitrogen and oxygen atoms in total. The van der Waals surface area contributed by atoms with Crippen molar-refractivity contribution in [1.82, 2.24) is 5.32 Å². The molecule has 3 heteroatoms. The number of nitriles is 1. The molecule has 0 atom stereocenters. The minimum atomic E-state index is -0.0793. The van der Waals surface area contributed by atoms with Crippen LogP contribution in [0.5, 0.6) is 0 Å². The molecule has 0 spiro atoms. The number of rotatable bonds is 1. The van der Waals surface area contributed by atoms with Gasteiger partial charge >= 0.3 is 0 Å². The van der Waals surface area contributed by atoms with E-state index >= 15 is 0 Å². The van der Waals surface area contributed by atoms with E-state index in [1.165, 1.54) is 19.3 Å². The van der Waals surface area contributed by atoms with Gasteiger partial charge in [-0.05, 0) is 12.8 Å². The molecule has 1 amide bonds. The van der Waals surface area contributed by atoms with Gasteiger partial charge in [0.05, 0.1) is 0 Å². The van der Waals surface area contributed by atoms with E-state index < -0.39 is 0 Å². The molecule has 0 aromatic heterocycles. The number of carbonyl (C=O) groups excluding carboxylic acids is 1. The van der Waals surface area contributed by atoms with E-state index in [0.717, 1.165) is 25.7 Å². The summed E-state index contributed by atoms with van der Waals surface area (Å²) in [5, 5.41) is 10.5. The topological polar surface area (TPSA) is 52.9 Å². The normalized spacial score (nSPS) is 19.6. The van der Waals surface area contributed by atoms with Gasteiger partial charge in [-0.3, -0.25) is 10.1 Å². The zero-order valence-corrected chi connectivity index (χ0v) is 7.88. The van der Waals surface area contributed by atoms with Gasteiger partial charge in [0.2, 0.25) is 5.91 Å². The lowest BCUT2D eigenvalue weighted by Crippen LogP contribution is -2.27. The van der Waals surface area contributed by atoms with Crippen molar-refractivity contribution in [2.45, 2.75) is 44.9 Å². The summed E-state index contributed by atoms with van der Waals surface area (Å²) in [6.45, 7) is 0. The van der Waals surface area contributed by atoms with Gasteiger partial charge in [0, 0.05) is 5.92 Å². The van der Waals surface area contributed by atoms with Gasteiger partial charge in [0.15, 0.2) is 6.19 Å². The van der Waals surface area contributed by atoms with E-state index in [4.69, 9.17) is 5.26 Å². The van der Waals surface area contributed by atoms with Crippen LogP contribution in [0.3, 0.4) is 0 Å². The largest absolute Gasteiger partial charge is 0.274 e. The van der Waals surface area contributed by atoms with E-state index in [1.54, 1.807) is 6.19 Å². The molecular formula is C10H16N2O. The van der Waals surface area contributed by atoms with Crippen LogP contribution in [-0.4, -0.2) is 5.91 Å². The molecule has 0 aromatic rings. The van der Waals surface area contributed by atoms with Gasteiger partial charge in [-0.2, -0.15) is 5.26 Å². The monoisotopic (exact) mass is 180 g/mol. The molecule has 0 unspecified atom stereocenters. The van der Waals surface area contributed by atoms with E-state index in [9.17, 15) is 4.79 Å². The van der Waals surface area contributed by atoms with E-state index in [2.05, 4.69) is 5.32 Å². The minimum absolute atomic E-state index is 0.0793. The highest BCUT2D eigenvalue weighted by Crippen LogP contribution is 2.22. The third-order valence-electron chi connectivity index (χ3n) is 2.66. The molecule has 1 aliphatic carbocycles. The van der Waals surface area contributed by atoms with E-state index in [0.29, 0.717) is 0 Å². The fourth-order valence-corrected chi connectivity index (χ4v) is 1.88. The fraction of sp³-hybridized carbons (Fsp3) is 0.800. The SMILES string of the molecule is N#CNC(=O)C1CCCCCCC1. The van der Waals surface area contributed by atoms with Crippen molar-refractivity contribution in [3.8, 4) is 6.19 Å². The molecule has 1 aliphatic rings. The summed E-state index contributed by atoms with van der Waals surface area (Å²) in [7, 11) is 0. The lowest BCUT2D eigenvalue weighted by atomic mass is 9.91. The highest BCUT2D eigenvalue weighted by atomic mass is 16.1. The maximum absolute atomic E-state index is 11.3. The van der Waals surface area contributed by atoms with E-state index in [1.807, 2.05) is 0 Å². The molecule has 0 aromatic carbocycles. The maximum atomic E-state index is 11.3. The Morgan fingerprint density at radius 3 is 2.23 bits per heavy atom. The third kappa shape index (κ3) is 3.45. The molecule has 0 saturated heterocycles. The third-order valence-corrected chi connectivity index (χ3v) is 2.66. The summed E-state index contributed by atoms with van der Waals surface area (Å²) in [6.07, 6.45) is 9.63. The molecule has 0 radical (unpaired) electrons. The average molecular weight is 180 g/mol. The summed E-state index contributed by atoms with van der Waals surface area (Å²) in [4.78, 5) is 11.3. The minimum Gasteiger partial charge on any atom is -0.274 e. The average Bonchev–Trinajstić information content (AvgIpc) is 2.03. The summed E-state index contributed by atoms with van der Waals surface area (Å²) in [5.74, 6) is 0.00403. The Labute approximate surface area is 79.1 Å². The summed E-state index contributed by atoms with van der Waals surface area (Å²) < 4.78 is 0. The number of nitrogens with zero attached hydrogens (tertiary/aromatic N) is 1. The van der Waals surface area contributed by atoms with Crippen LogP contribution in [0.4, 0.5) is 0 Å². The summed E-state index contributed by atoms with van der Waals surface area (Å²) in [6, 6.07) is 0. The zero-order chi connectivity index (χ0) is 9.52. The molecular weight excluding hydrogens is 164 g/mol. The molecule has 0 aliphatic heterocycles. The molecule has 1 N–H and O–H groups in total. The molecule has 72 valence electrons. The van der Waals surface area contributed by atoms with Crippen LogP contribution in [0.25, 0.3) is 0 Å². The van der Waals surface area contributed by atoms with Crippen LogP contribution in [0.2, 0.25) is 0 Å². The molecule has 1 fully saturated rings. The van der Waals surface area contributed by atoms with Crippen LogP contribution >= 0.6 is 0 Å². The highest BCUT2D eigenvalue weighted by Gasteiger charge is 2.18. The van der Waals surface area contributed by atoms with Crippen LogP contribution in [0, 0.1) is 17.4 Å². The molecule has 13 heavy (non-hydrogen) atoms. The van der Waals surface area contributed by atoms with Gasteiger partial charge in [-0.15, -0.1) is 0 Å². The highest BCUT2D eigenvalue weighted by molar-refractivity contribution is 5.79. The smallest absolute Gasteiger partial charge is 0.236 e. The summed E-state index contributed by atoms with van der Waals surface area (Å²) in [5.41, 5.74) is 0.